The average molecular weight is 222 g/mol. The predicted molar refractivity (Wildman–Crippen MR) is 62.7 cm³/mol. The van der Waals surface area contributed by atoms with Crippen molar-refractivity contribution in [1.82, 2.24) is 0 Å². The lowest BCUT2D eigenvalue weighted by atomic mass is 10.1. The molecule has 0 atom stereocenters. The number of benzene rings is 1. The van der Waals surface area contributed by atoms with Crippen LogP contribution < -0.4 is 0 Å². The van der Waals surface area contributed by atoms with E-state index in [2.05, 4.69) is 0 Å². The highest BCUT2D eigenvalue weighted by Gasteiger charge is 2.18. The molecule has 0 aliphatic carbocycles. The summed E-state index contributed by atoms with van der Waals surface area (Å²) in [6.07, 6.45) is 0. The standard InChI is InChI=1S/C13H18O3/c1-8-6-10(7-9(2)11(8)14)12(15)16-13(3,4)5/h6-7,14H,1-5H3. The third-order valence-corrected chi connectivity index (χ3v) is 2.13. The number of phenolic OH excluding ortho intramolecular Hbond substituents is 1. The number of hydrogen-bond acceptors (Lipinski definition) is 3. The second-order valence-electron chi connectivity index (χ2n) is 4.96. The molecule has 88 valence electrons. The van der Waals surface area contributed by atoms with Crippen LogP contribution in [0.25, 0.3) is 0 Å². The summed E-state index contributed by atoms with van der Waals surface area (Å²) in [6.45, 7) is 8.99. The summed E-state index contributed by atoms with van der Waals surface area (Å²) >= 11 is 0. The molecule has 0 heterocycles. The molecule has 0 radical (unpaired) electrons. The van der Waals surface area contributed by atoms with Crippen LogP contribution in [-0.4, -0.2) is 16.7 Å². The fourth-order valence-electron chi connectivity index (χ4n) is 1.41. The smallest absolute Gasteiger partial charge is 0.338 e. The summed E-state index contributed by atoms with van der Waals surface area (Å²) in [5.74, 6) is -0.133. The molecule has 0 aromatic heterocycles. The van der Waals surface area contributed by atoms with E-state index < -0.39 is 5.60 Å². The fourth-order valence-corrected chi connectivity index (χ4v) is 1.41. The topological polar surface area (TPSA) is 46.5 Å². The zero-order chi connectivity index (χ0) is 12.5. The Morgan fingerprint density at radius 1 is 1.19 bits per heavy atom. The zero-order valence-electron chi connectivity index (χ0n) is 10.4. The molecule has 0 saturated carbocycles. The number of phenols is 1. The second-order valence-corrected chi connectivity index (χ2v) is 4.96. The quantitative estimate of drug-likeness (QED) is 0.743. The SMILES string of the molecule is Cc1cc(C(=O)OC(C)(C)C)cc(C)c1O. The van der Waals surface area contributed by atoms with Crippen LogP contribution in [0.5, 0.6) is 5.75 Å². The van der Waals surface area contributed by atoms with Crippen LogP contribution in [0.4, 0.5) is 0 Å². The van der Waals surface area contributed by atoms with Crippen molar-refractivity contribution in [2.24, 2.45) is 0 Å². The minimum Gasteiger partial charge on any atom is -0.507 e. The molecule has 0 bridgehead atoms. The number of aryl methyl sites for hydroxylation is 2. The van der Waals surface area contributed by atoms with Gasteiger partial charge in [-0.05, 0) is 57.9 Å². The Kier molecular flexibility index (Phi) is 3.27. The van der Waals surface area contributed by atoms with E-state index in [1.165, 1.54) is 0 Å². The van der Waals surface area contributed by atoms with Gasteiger partial charge >= 0.3 is 5.97 Å². The van der Waals surface area contributed by atoms with Crippen LogP contribution in [0.1, 0.15) is 42.3 Å². The summed E-state index contributed by atoms with van der Waals surface area (Å²) in [7, 11) is 0. The Hall–Kier alpha value is -1.51. The molecular formula is C13H18O3. The molecule has 3 nitrogen and oxygen atoms in total. The summed E-state index contributed by atoms with van der Waals surface area (Å²) in [5, 5.41) is 9.59. The highest BCUT2D eigenvalue weighted by Crippen LogP contribution is 2.24. The Labute approximate surface area is 96.1 Å². The number of aromatic hydroxyl groups is 1. The van der Waals surface area contributed by atoms with E-state index >= 15 is 0 Å². The van der Waals surface area contributed by atoms with E-state index in [4.69, 9.17) is 4.74 Å². The summed E-state index contributed by atoms with van der Waals surface area (Å²) in [5.41, 5.74) is 1.33. The van der Waals surface area contributed by atoms with Gasteiger partial charge in [0, 0.05) is 0 Å². The van der Waals surface area contributed by atoms with E-state index in [0.29, 0.717) is 16.7 Å². The van der Waals surface area contributed by atoms with Crippen LogP contribution >= 0.6 is 0 Å². The van der Waals surface area contributed by atoms with Crippen LogP contribution in [-0.2, 0) is 4.74 Å². The van der Waals surface area contributed by atoms with Gasteiger partial charge in [-0.25, -0.2) is 4.79 Å². The van der Waals surface area contributed by atoms with E-state index in [0.717, 1.165) is 0 Å². The van der Waals surface area contributed by atoms with E-state index in [-0.39, 0.29) is 11.7 Å². The number of ether oxygens (including phenoxy) is 1. The normalized spacial score (nSPS) is 11.3. The summed E-state index contributed by atoms with van der Waals surface area (Å²) < 4.78 is 5.25. The van der Waals surface area contributed by atoms with Crippen molar-refractivity contribution in [3.8, 4) is 5.75 Å². The van der Waals surface area contributed by atoms with Crippen molar-refractivity contribution >= 4 is 5.97 Å². The molecule has 1 N–H and O–H groups in total. The van der Waals surface area contributed by atoms with Gasteiger partial charge in [0.05, 0.1) is 5.56 Å². The Morgan fingerprint density at radius 2 is 1.62 bits per heavy atom. The first-order chi connectivity index (χ1) is 7.20. The molecule has 3 heteroatoms. The average Bonchev–Trinajstić information content (AvgIpc) is 2.10. The molecule has 1 aromatic rings. The predicted octanol–water partition coefficient (Wildman–Crippen LogP) is 2.96. The third-order valence-electron chi connectivity index (χ3n) is 2.13. The van der Waals surface area contributed by atoms with Gasteiger partial charge in [-0.15, -0.1) is 0 Å². The summed E-state index contributed by atoms with van der Waals surface area (Å²) in [6, 6.07) is 3.27. The van der Waals surface area contributed by atoms with Crippen LogP contribution in [0, 0.1) is 13.8 Å². The summed E-state index contributed by atoms with van der Waals surface area (Å²) in [4.78, 5) is 11.8. The van der Waals surface area contributed by atoms with Gasteiger partial charge in [-0.1, -0.05) is 0 Å². The molecule has 0 unspecified atom stereocenters. The van der Waals surface area contributed by atoms with Crippen molar-refractivity contribution in [3.63, 3.8) is 0 Å². The highest BCUT2D eigenvalue weighted by molar-refractivity contribution is 5.90. The third kappa shape index (κ3) is 2.99. The molecule has 16 heavy (non-hydrogen) atoms. The Bertz CT molecular complexity index is 391. The van der Waals surface area contributed by atoms with Crippen molar-refractivity contribution in [2.75, 3.05) is 0 Å². The molecule has 0 fully saturated rings. The first kappa shape index (κ1) is 12.6. The molecule has 0 aliphatic rings. The molecule has 0 amide bonds. The number of rotatable bonds is 1. The molecule has 1 aromatic carbocycles. The van der Waals surface area contributed by atoms with Gasteiger partial charge in [0.1, 0.15) is 11.4 Å². The fraction of sp³-hybridized carbons (Fsp3) is 0.462. The van der Waals surface area contributed by atoms with Gasteiger partial charge in [-0.2, -0.15) is 0 Å². The van der Waals surface area contributed by atoms with E-state index in [1.54, 1.807) is 26.0 Å². The minimum atomic E-state index is -0.503. The van der Waals surface area contributed by atoms with Gasteiger partial charge in [-0.3, -0.25) is 0 Å². The minimum absolute atomic E-state index is 0.229. The van der Waals surface area contributed by atoms with Crippen molar-refractivity contribution in [2.45, 2.75) is 40.2 Å². The maximum atomic E-state index is 11.8. The van der Waals surface area contributed by atoms with Crippen molar-refractivity contribution < 1.29 is 14.6 Å². The lowest BCUT2D eigenvalue weighted by Gasteiger charge is -2.20. The maximum absolute atomic E-state index is 11.8. The largest absolute Gasteiger partial charge is 0.507 e. The second kappa shape index (κ2) is 4.16. The number of carbonyl (C=O) groups excluding carboxylic acids is 1. The van der Waals surface area contributed by atoms with Gasteiger partial charge < -0.3 is 9.84 Å². The van der Waals surface area contributed by atoms with Gasteiger partial charge in [0.25, 0.3) is 0 Å². The van der Waals surface area contributed by atoms with Gasteiger partial charge in [0.15, 0.2) is 0 Å². The number of esters is 1. The number of carbonyl (C=O) groups is 1. The van der Waals surface area contributed by atoms with Crippen LogP contribution in [0.3, 0.4) is 0 Å². The molecule has 0 aliphatic heterocycles. The van der Waals surface area contributed by atoms with Gasteiger partial charge in [0.2, 0.25) is 0 Å². The maximum Gasteiger partial charge on any atom is 0.338 e. The monoisotopic (exact) mass is 222 g/mol. The zero-order valence-corrected chi connectivity index (χ0v) is 10.4. The van der Waals surface area contributed by atoms with E-state index in [1.807, 2.05) is 20.8 Å². The molecular weight excluding hydrogens is 204 g/mol. The Morgan fingerprint density at radius 3 is 2.00 bits per heavy atom. The molecule has 0 spiro atoms. The first-order valence-corrected chi connectivity index (χ1v) is 5.24. The Balaban J connectivity index is 3.02. The first-order valence-electron chi connectivity index (χ1n) is 5.24. The highest BCUT2D eigenvalue weighted by atomic mass is 16.6. The molecule has 1 rings (SSSR count). The molecule has 0 saturated heterocycles. The lowest BCUT2D eigenvalue weighted by molar-refractivity contribution is 0.00693. The van der Waals surface area contributed by atoms with E-state index in [9.17, 15) is 9.90 Å². The van der Waals surface area contributed by atoms with Crippen LogP contribution in [0.2, 0.25) is 0 Å². The van der Waals surface area contributed by atoms with Crippen molar-refractivity contribution in [1.29, 1.82) is 0 Å². The lowest BCUT2D eigenvalue weighted by Crippen LogP contribution is -2.24. The number of hydrogen-bond donors (Lipinski definition) is 1. The van der Waals surface area contributed by atoms with Crippen LogP contribution in [0.15, 0.2) is 12.1 Å². The van der Waals surface area contributed by atoms with Crippen molar-refractivity contribution in [3.05, 3.63) is 28.8 Å².